The number of likely N-dealkylation sites (tertiary alicyclic amines) is 1. The van der Waals surface area contributed by atoms with Gasteiger partial charge in [0.15, 0.2) is 0 Å². The highest BCUT2D eigenvalue weighted by Gasteiger charge is 2.32. The lowest BCUT2D eigenvalue weighted by molar-refractivity contribution is -0.137. The first-order valence-corrected chi connectivity index (χ1v) is 11.4. The Bertz CT molecular complexity index is 1080. The van der Waals surface area contributed by atoms with Crippen LogP contribution >= 0.6 is 0 Å². The van der Waals surface area contributed by atoms with E-state index in [0.717, 1.165) is 22.9 Å². The van der Waals surface area contributed by atoms with Crippen LogP contribution in [0.4, 0.5) is 13.2 Å². The van der Waals surface area contributed by atoms with E-state index >= 15 is 0 Å². The molecule has 11 heteroatoms. The van der Waals surface area contributed by atoms with Crippen molar-refractivity contribution in [3.63, 3.8) is 0 Å². The van der Waals surface area contributed by atoms with Crippen LogP contribution in [0.15, 0.2) is 23.0 Å². The zero-order chi connectivity index (χ0) is 25.2. The number of carbonyl (C=O) groups excluding carboxylic acids is 1. The van der Waals surface area contributed by atoms with Crippen molar-refractivity contribution in [3.8, 4) is 0 Å². The predicted octanol–water partition coefficient (Wildman–Crippen LogP) is 1.86. The summed E-state index contributed by atoms with van der Waals surface area (Å²) in [5, 5.41) is 26.9. The summed E-state index contributed by atoms with van der Waals surface area (Å²) in [7, 11) is 0. The minimum Gasteiger partial charge on any atom is -0.393 e. The maximum absolute atomic E-state index is 13.2. The molecule has 8 nitrogen and oxygen atoms in total. The van der Waals surface area contributed by atoms with Gasteiger partial charge in [0.25, 0.3) is 5.56 Å². The van der Waals surface area contributed by atoms with Crippen molar-refractivity contribution in [2.45, 2.75) is 70.5 Å². The van der Waals surface area contributed by atoms with Gasteiger partial charge in [0.1, 0.15) is 6.54 Å². The van der Waals surface area contributed by atoms with Gasteiger partial charge in [-0.1, -0.05) is 13.8 Å². The molecule has 1 amide bonds. The van der Waals surface area contributed by atoms with Crippen molar-refractivity contribution in [2.24, 2.45) is 0 Å². The van der Waals surface area contributed by atoms with Crippen molar-refractivity contribution < 1.29 is 28.2 Å². The molecule has 3 N–H and O–H groups in total. The van der Waals surface area contributed by atoms with E-state index in [1.165, 1.54) is 0 Å². The van der Waals surface area contributed by atoms with Crippen LogP contribution in [0.25, 0.3) is 10.8 Å². The molecule has 0 unspecified atom stereocenters. The van der Waals surface area contributed by atoms with E-state index < -0.39 is 48.0 Å². The van der Waals surface area contributed by atoms with Crippen LogP contribution in [0.5, 0.6) is 0 Å². The average Bonchev–Trinajstić information content (AvgIpc) is 2.75. The molecule has 0 radical (unpaired) electrons. The normalized spacial score (nSPS) is 20.6. The molecule has 2 aromatic rings. The molecule has 3 rings (SSSR count). The zero-order valence-corrected chi connectivity index (χ0v) is 19.5. The number of nitrogens with zero attached hydrogens (tertiary/aromatic N) is 3. The molecule has 3 atom stereocenters. The number of aromatic nitrogens is 2. The number of fused-ring (bicyclic) bond motifs is 1. The standard InChI is InChI=1S/C23H31F3N4O4/c1-13(2)21-17-10-15(23(24,25)26)4-5-16(17)22(34)30(28-21)12-20(33)27-18-11-29(8-6-14(3)31)9-7-19(18)32/h4-5,10,13-14,18-19,31-32H,6-9,11-12H2,1-3H3,(H,27,33)/t14-,18+,19-/m1/s1. The van der Waals surface area contributed by atoms with Gasteiger partial charge in [-0.05, 0) is 43.9 Å². The number of rotatable bonds is 7. The molecule has 0 saturated carbocycles. The van der Waals surface area contributed by atoms with Crippen molar-refractivity contribution in [3.05, 3.63) is 39.8 Å². The highest BCUT2D eigenvalue weighted by Crippen LogP contribution is 2.32. The van der Waals surface area contributed by atoms with Gasteiger partial charge in [0.2, 0.25) is 5.91 Å². The van der Waals surface area contributed by atoms with Crippen molar-refractivity contribution in [2.75, 3.05) is 19.6 Å². The number of aliphatic hydroxyl groups excluding tert-OH is 2. The molecule has 1 aromatic heterocycles. The van der Waals surface area contributed by atoms with Gasteiger partial charge in [-0.2, -0.15) is 18.3 Å². The van der Waals surface area contributed by atoms with E-state index in [-0.39, 0.29) is 22.4 Å². The number of benzene rings is 1. The van der Waals surface area contributed by atoms with E-state index in [2.05, 4.69) is 10.4 Å². The van der Waals surface area contributed by atoms with E-state index in [9.17, 15) is 33.0 Å². The fourth-order valence-electron chi connectivity index (χ4n) is 4.13. The summed E-state index contributed by atoms with van der Waals surface area (Å²) < 4.78 is 40.5. The third-order valence-corrected chi connectivity index (χ3v) is 6.03. The highest BCUT2D eigenvalue weighted by molar-refractivity contribution is 5.85. The Labute approximate surface area is 195 Å². The van der Waals surface area contributed by atoms with E-state index in [0.29, 0.717) is 32.5 Å². The maximum Gasteiger partial charge on any atom is 0.416 e. The Balaban J connectivity index is 1.82. The van der Waals surface area contributed by atoms with Crippen LogP contribution in [0.1, 0.15) is 50.8 Å². The summed E-state index contributed by atoms with van der Waals surface area (Å²) in [5.74, 6) is -0.819. The van der Waals surface area contributed by atoms with Gasteiger partial charge < -0.3 is 20.4 Å². The number of amides is 1. The first-order chi connectivity index (χ1) is 15.9. The maximum atomic E-state index is 13.2. The number of hydrogen-bond donors (Lipinski definition) is 3. The molecule has 188 valence electrons. The smallest absolute Gasteiger partial charge is 0.393 e. The average molecular weight is 485 g/mol. The van der Waals surface area contributed by atoms with Crippen LogP contribution in [0.3, 0.4) is 0 Å². The summed E-state index contributed by atoms with van der Waals surface area (Å²) in [6.45, 7) is 6.43. The molecule has 2 heterocycles. The quantitative estimate of drug-likeness (QED) is 0.554. The molecule has 1 aromatic carbocycles. The Hall–Kier alpha value is -2.50. The van der Waals surface area contributed by atoms with Gasteiger partial charge in [-0.3, -0.25) is 9.59 Å². The van der Waals surface area contributed by atoms with Gasteiger partial charge >= 0.3 is 6.18 Å². The third-order valence-electron chi connectivity index (χ3n) is 6.03. The lowest BCUT2D eigenvalue weighted by atomic mass is 10.0. The zero-order valence-electron chi connectivity index (χ0n) is 19.5. The number of alkyl halides is 3. The highest BCUT2D eigenvalue weighted by atomic mass is 19.4. The lowest BCUT2D eigenvalue weighted by Gasteiger charge is -2.36. The fraction of sp³-hybridized carbons (Fsp3) is 0.609. The molecule has 0 spiro atoms. The molecule has 1 fully saturated rings. The summed E-state index contributed by atoms with van der Waals surface area (Å²) >= 11 is 0. The van der Waals surface area contributed by atoms with E-state index in [4.69, 9.17) is 0 Å². The summed E-state index contributed by atoms with van der Waals surface area (Å²) in [4.78, 5) is 27.7. The van der Waals surface area contributed by atoms with Crippen LogP contribution in [0.2, 0.25) is 0 Å². The molecule has 1 aliphatic rings. The summed E-state index contributed by atoms with van der Waals surface area (Å²) in [6.07, 6.45) is -4.73. The van der Waals surface area contributed by atoms with E-state index in [1.54, 1.807) is 20.8 Å². The monoisotopic (exact) mass is 484 g/mol. The Morgan fingerprint density at radius 1 is 1.26 bits per heavy atom. The number of halogens is 3. The minimum absolute atomic E-state index is 0.0569. The van der Waals surface area contributed by atoms with Gasteiger partial charge in [-0.15, -0.1) is 0 Å². The lowest BCUT2D eigenvalue weighted by Crippen LogP contribution is -2.56. The second-order valence-electron chi connectivity index (χ2n) is 9.23. The number of carbonyl (C=O) groups is 1. The first kappa shape index (κ1) is 26.1. The van der Waals surface area contributed by atoms with Crippen molar-refractivity contribution in [1.82, 2.24) is 20.0 Å². The predicted molar refractivity (Wildman–Crippen MR) is 120 cm³/mol. The van der Waals surface area contributed by atoms with Gasteiger partial charge in [-0.25, -0.2) is 4.68 Å². The molecule has 34 heavy (non-hydrogen) atoms. The van der Waals surface area contributed by atoms with Crippen LogP contribution in [-0.2, 0) is 17.5 Å². The first-order valence-electron chi connectivity index (χ1n) is 11.4. The van der Waals surface area contributed by atoms with Gasteiger partial charge in [0.05, 0.1) is 34.9 Å². The third kappa shape index (κ3) is 6.13. The van der Waals surface area contributed by atoms with Crippen LogP contribution in [-0.4, -0.2) is 68.7 Å². The van der Waals surface area contributed by atoms with Crippen LogP contribution in [0, 0.1) is 0 Å². The fourth-order valence-corrected chi connectivity index (χ4v) is 4.13. The Kier molecular flexibility index (Phi) is 7.99. The molecule has 1 saturated heterocycles. The Morgan fingerprint density at radius 2 is 1.97 bits per heavy atom. The summed E-state index contributed by atoms with van der Waals surface area (Å²) in [5.41, 5.74) is -1.24. The second kappa shape index (κ2) is 10.4. The van der Waals surface area contributed by atoms with Crippen LogP contribution < -0.4 is 10.9 Å². The minimum atomic E-state index is -4.55. The van der Waals surface area contributed by atoms with Crippen molar-refractivity contribution >= 4 is 16.7 Å². The Morgan fingerprint density at radius 3 is 2.59 bits per heavy atom. The molecule has 1 aliphatic heterocycles. The van der Waals surface area contributed by atoms with Gasteiger partial charge in [0, 0.05) is 25.0 Å². The topological polar surface area (TPSA) is 108 Å². The second-order valence-corrected chi connectivity index (χ2v) is 9.23. The molecule has 0 aliphatic carbocycles. The summed E-state index contributed by atoms with van der Waals surface area (Å²) in [6, 6.07) is 2.33. The SMILES string of the molecule is CC(C)c1nn(CC(=O)N[C@H]2CN(CC[C@@H](C)O)CC[C@H]2O)c(=O)c2ccc(C(F)(F)F)cc12. The van der Waals surface area contributed by atoms with E-state index in [1.807, 2.05) is 4.90 Å². The number of hydrogen-bond acceptors (Lipinski definition) is 6. The number of nitrogens with one attached hydrogen (secondary N) is 1. The number of aliphatic hydroxyl groups is 2. The molecular formula is C23H31F3N4O4. The largest absolute Gasteiger partial charge is 0.416 e. The van der Waals surface area contributed by atoms with Crippen molar-refractivity contribution in [1.29, 1.82) is 0 Å². The molecule has 0 bridgehead atoms. The molecular weight excluding hydrogens is 453 g/mol. The number of piperidine rings is 1.